The number of carboxylic acid groups (broad SMARTS) is 1. The van der Waals surface area contributed by atoms with Crippen molar-refractivity contribution in [3.05, 3.63) is 235 Å². The number of hydrogen-bond donors (Lipinski definition) is 2. The molecule has 0 radical (unpaired) electrons. The van der Waals surface area contributed by atoms with Crippen LogP contribution in [0.1, 0.15) is 73.9 Å². The fraction of sp³-hybridized carbons (Fsp3) is 0.136. The molecule has 2 aliphatic heterocycles. The topological polar surface area (TPSA) is 121 Å². The standard InChI is InChI=1S/C22H20ClNO2.C15H10Cl2O.C15H11ClO2.C7H11NO/c1-3-19-15(2)14-24(21(19)25)22(26)20(17-7-5-4-6-8-17)13-16-9-11-18(23)12-10-16;2*16-13-8-6-11(7-9-13)10-14(15(17)18)12-4-2-1-3-5-12;1-3-6-5(2)4-8-7(6)9/h4-13H,3,14H2,1-2H3;1-10H;1-10H,(H,17,18);3-4H2,1-2H3,(H,8,9)/b20-13+;2*14-10+;. The van der Waals surface area contributed by atoms with Gasteiger partial charge in [0, 0.05) is 43.9 Å². The second-order valence-electron chi connectivity index (χ2n) is 16.1. The molecule has 0 atom stereocenters. The summed E-state index contributed by atoms with van der Waals surface area (Å²) in [6.07, 6.45) is 6.68. The van der Waals surface area contributed by atoms with Gasteiger partial charge < -0.3 is 10.4 Å². The lowest BCUT2D eigenvalue weighted by atomic mass is 10.0. The average molecular weight is 1030 g/mol. The van der Waals surface area contributed by atoms with Gasteiger partial charge in [0.1, 0.15) is 0 Å². The predicted molar refractivity (Wildman–Crippen MR) is 292 cm³/mol. The minimum atomic E-state index is -0.948. The highest BCUT2D eigenvalue weighted by molar-refractivity contribution is 6.75. The highest BCUT2D eigenvalue weighted by Gasteiger charge is 2.33. The normalized spacial score (nSPS) is 13.6. The Hall–Kier alpha value is -7.07. The number of allylic oxidation sites excluding steroid dienone is 1. The molecule has 12 heteroatoms. The molecule has 0 aromatic heterocycles. The Morgan fingerprint density at radius 3 is 1.23 bits per heavy atom. The number of halogens is 4. The van der Waals surface area contributed by atoms with Gasteiger partial charge >= 0.3 is 5.97 Å². The third-order valence-corrected chi connectivity index (χ3v) is 12.1. The Morgan fingerprint density at radius 1 is 0.535 bits per heavy atom. The van der Waals surface area contributed by atoms with Crippen LogP contribution in [0.15, 0.2) is 186 Å². The van der Waals surface area contributed by atoms with Gasteiger partial charge in [-0.3, -0.25) is 24.1 Å². The first-order valence-corrected chi connectivity index (χ1v) is 24.1. The molecule has 71 heavy (non-hydrogen) atoms. The van der Waals surface area contributed by atoms with E-state index < -0.39 is 11.2 Å². The van der Waals surface area contributed by atoms with E-state index >= 15 is 0 Å². The molecule has 362 valence electrons. The number of amides is 3. The van der Waals surface area contributed by atoms with Gasteiger partial charge in [0.05, 0.1) is 12.1 Å². The maximum atomic E-state index is 13.2. The lowest BCUT2D eigenvalue weighted by Crippen LogP contribution is -2.34. The molecule has 2 N–H and O–H groups in total. The Balaban J connectivity index is 0.000000186. The first-order chi connectivity index (χ1) is 34.1. The van der Waals surface area contributed by atoms with Crippen LogP contribution in [-0.4, -0.2) is 52.0 Å². The SMILES string of the molecule is CCC1=C(C)CN(C(=O)/C(=C/c2ccc(Cl)cc2)c2ccccc2)C1=O.CCC1=C(C)CNC1=O.O=C(Cl)/C(=C/c1ccc(Cl)cc1)c1ccccc1.O=C(O)/C(=C/c1ccc(Cl)cc1)c1ccccc1. The van der Waals surface area contributed by atoms with Gasteiger partial charge in [0.15, 0.2) is 0 Å². The van der Waals surface area contributed by atoms with Crippen LogP contribution in [0.4, 0.5) is 0 Å². The van der Waals surface area contributed by atoms with Crippen molar-refractivity contribution in [2.24, 2.45) is 0 Å². The van der Waals surface area contributed by atoms with Crippen molar-refractivity contribution in [3.63, 3.8) is 0 Å². The molecule has 0 unspecified atom stereocenters. The summed E-state index contributed by atoms with van der Waals surface area (Å²) in [5, 5.41) is 13.5. The molecule has 6 aromatic carbocycles. The number of nitrogens with one attached hydrogen (secondary N) is 1. The maximum Gasteiger partial charge on any atom is 0.336 e. The zero-order valence-corrected chi connectivity index (χ0v) is 42.6. The van der Waals surface area contributed by atoms with Crippen LogP contribution in [0, 0.1) is 0 Å². The summed E-state index contributed by atoms with van der Waals surface area (Å²) in [5.74, 6) is -1.29. The van der Waals surface area contributed by atoms with E-state index in [0.717, 1.165) is 57.5 Å². The van der Waals surface area contributed by atoms with Gasteiger partial charge in [-0.2, -0.15) is 0 Å². The first-order valence-electron chi connectivity index (χ1n) is 22.6. The van der Waals surface area contributed by atoms with Crippen molar-refractivity contribution >= 4 is 110 Å². The van der Waals surface area contributed by atoms with Crippen molar-refractivity contribution < 1.29 is 29.1 Å². The first kappa shape index (κ1) is 54.9. The molecule has 8 rings (SSSR count). The number of benzene rings is 6. The van der Waals surface area contributed by atoms with Crippen LogP contribution in [0.25, 0.3) is 34.9 Å². The largest absolute Gasteiger partial charge is 0.478 e. The quantitative estimate of drug-likeness (QED) is 0.0757. The highest BCUT2D eigenvalue weighted by Crippen LogP contribution is 2.28. The molecule has 0 saturated carbocycles. The van der Waals surface area contributed by atoms with E-state index in [1.165, 1.54) is 10.5 Å². The number of rotatable bonds is 11. The molecule has 6 aromatic rings. The molecule has 0 spiro atoms. The van der Waals surface area contributed by atoms with Gasteiger partial charge in [-0.05, 0) is 137 Å². The van der Waals surface area contributed by atoms with Crippen LogP contribution < -0.4 is 5.32 Å². The summed E-state index contributed by atoms with van der Waals surface area (Å²) < 4.78 is 0. The molecule has 2 heterocycles. The zero-order valence-electron chi connectivity index (χ0n) is 39.6. The van der Waals surface area contributed by atoms with Gasteiger partial charge in [0.25, 0.3) is 17.1 Å². The minimum absolute atomic E-state index is 0.120. The average Bonchev–Trinajstić information content (AvgIpc) is 3.87. The van der Waals surface area contributed by atoms with Gasteiger partial charge in [0.2, 0.25) is 5.91 Å². The monoisotopic (exact) mass is 1020 g/mol. The molecule has 8 nitrogen and oxygen atoms in total. The molecular formula is C59H52Cl4N2O6. The van der Waals surface area contributed by atoms with Crippen molar-refractivity contribution in [1.82, 2.24) is 10.2 Å². The van der Waals surface area contributed by atoms with Gasteiger partial charge in [-0.15, -0.1) is 0 Å². The molecular weight excluding hydrogens is 974 g/mol. The lowest BCUT2D eigenvalue weighted by Gasteiger charge is -2.17. The van der Waals surface area contributed by atoms with Crippen molar-refractivity contribution in [1.29, 1.82) is 0 Å². The highest BCUT2D eigenvalue weighted by atomic mass is 35.5. The van der Waals surface area contributed by atoms with Crippen LogP contribution >= 0.6 is 46.4 Å². The summed E-state index contributed by atoms with van der Waals surface area (Å²) in [7, 11) is 0. The van der Waals surface area contributed by atoms with Crippen LogP contribution in [-0.2, 0) is 24.0 Å². The number of hydrogen-bond acceptors (Lipinski definition) is 5. The van der Waals surface area contributed by atoms with E-state index in [1.807, 2.05) is 131 Å². The van der Waals surface area contributed by atoms with Crippen LogP contribution in [0.5, 0.6) is 0 Å². The number of carbonyl (C=O) groups excluding carboxylic acids is 4. The fourth-order valence-electron chi connectivity index (χ4n) is 7.42. The van der Waals surface area contributed by atoms with Crippen molar-refractivity contribution in [3.8, 4) is 0 Å². The van der Waals surface area contributed by atoms with E-state index in [2.05, 4.69) is 5.32 Å². The smallest absolute Gasteiger partial charge is 0.336 e. The number of carbonyl (C=O) groups is 5. The van der Waals surface area contributed by atoms with E-state index in [9.17, 15) is 29.1 Å². The van der Waals surface area contributed by atoms with Crippen LogP contribution in [0.3, 0.4) is 0 Å². The third-order valence-electron chi connectivity index (χ3n) is 11.1. The number of aliphatic carboxylic acids is 1. The number of carboxylic acids is 1. The fourth-order valence-corrected chi connectivity index (χ4v) is 7.96. The maximum absolute atomic E-state index is 13.2. The van der Waals surface area contributed by atoms with E-state index in [1.54, 1.807) is 78.9 Å². The Kier molecular flexibility index (Phi) is 21.1. The minimum Gasteiger partial charge on any atom is -0.478 e. The lowest BCUT2D eigenvalue weighted by molar-refractivity contribution is -0.137. The van der Waals surface area contributed by atoms with Gasteiger partial charge in [-0.25, -0.2) is 4.79 Å². The second kappa shape index (κ2) is 27.4. The molecule has 2 aliphatic rings. The third kappa shape index (κ3) is 16.2. The zero-order chi connectivity index (χ0) is 51.5. The van der Waals surface area contributed by atoms with Crippen molar-refractivity contribution in [2.75, 3.05) is 13.1 Å². The molecule has 3 amide bonds. The Labute approximate surface area is 435 Å². The molecule has 0 saturated heterocycles. The Bertz CT molecular complexity index is 2870. The van der Waals surface area contributed by atoms with E-state index in [0.29, 0.717) is 44.7 Å². The predicted octanol–water partition coefficient (Wildman–Crippen LogP) is 14.4. The van der Waals surface area contributed by atoms with Gasteiger partial charge in [-0.1, -0.05) is 176 Å². The van der Waals surface area contributed by atoms with Crippen LogP contribution in [0.2, 0.25) is 15.1 Å². The number of imide groups is 1. The summed E-state index contributed by atoms with van der Waals surface area (Å²) in [6.45, 7) is 8.95. The van der Waals surface area contributed by atoms with E-state index in [4.69, 9.17) is 46.4 Å². The summed E-state index contributed by atoms with van der Waals surface area (Å²) in [4.78, 5) is 60.8. The summed E-state index contributed by atoms with van der Waals surface area (Å²) >= 11 is 23.2. The molecule has 0 bridgehead atoms. The number of nitrogens with zero attached hydrogens (tertiary/aromatic N) is 1. The van der Waals surface area contributed by atoms with Crippen molar-refractivity contribution in [2.45, 2.75) is 40.5 Å². The van der Waals surface area contributed by atoms with E-state index in [-0.39, 0.29) is 23.3 Å². The molecule has 0 aliphatic carbocycles. The summed E-state index contributed by atoms with van der Waals surface area (Å²) in [6, 6.07) is 49.3. The second-order valence-corrected chi connectivity index (χ2v) is 17.8. The molecule has 0 fully saturated rings. The summed E-state index contributed by atoms with van der Waals surface area (Å²) in [5.41, 5.74) is 9.89. The Morgan fingerprint density at radius 2 is 0.901 bits per heavy atom.